The van der Waals surface area contributed by atoms with Crippen molar-refractivity contribution < 1.29 is 0 Å². The molecule has 7 aromatic carbocycles. The third-order valence-corrected chi connectivity index (χ3v) is 7.75. The summed E-state index contributed by atoms with van der Waals surface area (Å²) in [5, 5.41) is 7.66. The standard InChI is InChI=1S/C36H23N/c1-2-14-25(15-3-1)37(33-23-10-13-24-12-4-5-16-26(24)33)36-31-20-9-8-19-30(31)34-28-18-7-6-17-27(28)29-21-11-22-32(36)35(29)34/h1-23H. The number of benzene rings is 7. The molecule has 1 aliphatic carbocycles. The maximum absolute atomic E-state index is 2.47. The molecule has 0 saturated carbocycles. The first-order valence-corrected chi connectivity index (χ1v) is 12.8. The van der Waals surface area contributed by atoms with Gasteiger partial charge in [-0.1, -0.05) is 121 Å². The second-order valence-corrected chi connectivity index (χ2v) is 9.71. The molecule has 0 bridgehead atoms. The Balaban J connectivity index is 1.58. The van der Waals surface area contributed by atoms with Gasteiger partial charge in [0.2, 0.25) is 0 Å². The topological polar surface area (TPSA) is 3.24 Å². The molecule has 8 rings (SSSR count). The molecule has 1 heteroatoms. The van der Waals surface area contributed by atoms with Gasteiger partial charge in [-0.05, 0) is 51.2 Å². The van der Waals surface area contributed by atoms with Crippen LogP contribution >= 0.6 is 0 Å². The predicted molar refractivity (Wildman–Crippen MR) is 158 cm³/mol. The highest BCUT2D eigenvalue weighted by atomic mass is 15.1. The minimum atomic E-state index is 1.15. The summed E-state index contributed by atoms with van der Waals surface area (Å²) in [7, 11) is 0. The van der Waals surface area contributed by atoms with Gasteiger partial charge in [-0.3, -0.25) is 0 Å². The number of rotatable bonds is 3. The highest BCUT2D eigenvalue weighted by Crippen LogP contribution is 2.55. The number of hydrogen-bond donors (Lipinski definition) is 0. The van der Waals surface area contributed by atoms with Gasteiger partial charge in [-0.15, -0.1) is 0 Å². The highest BCUT2D eigenvalue weighted by Gasteiger charge is 2.28. The molecule has 0 spiro atoms. The molecular weight excluding hydrogens is 446 g/mol. The van der Waals surface area contributed by atoms with Gasteiger partial charge in [-0.2, -0.15) is 0 Å². The van der Waals surface area contributed by atoms with Crippen LogP contribution in [0.5, 0.6) is 0 Å². The summed E-state index contributed by atoms with van der Waals surface area (Å²) in [6.45, 7) is 0. The molecule has 37 heavy (non-hydrogen) atoms. The van der Waals surface area contributed by atoms with Crippen LogP contribution in [0, 0.1) is 0 Å². The smallest absolute Gasteiger partial charge is 0.0619 e. The van der Waals surface area contributed by atoms with Crippen LogP contribution in [-0.2, 0) is 0 Å². The lowest BCUT2D eigenvalue weighted by molar-refractivity contribution is 1.33. The van der Waals surface area contributed by atoms with Gasteiger partial charge >= 0.3 is 0 Å². The molecule has 0 unspecified atom stereocenters. The Morgan fingerprint density at radius 2 is 0.973 bits per heavy atom. The first kappa shape index (κ1) is 20.3. The molecule has 0 aromatic heterocycles. The van der Waals surface area contributed by atoms with Crippen molar-refractivity contribution in [1.82, 2.24) is 0 Å². The average molecular weight is 470 g/mol. The summed E-state index contributed by atoms with van der Waals surface area (Å²) in [5.74, 6) is 0. The van der Waals surface area contributed by atoms with Crippen LogP contribution in [0.4, 0.5) is 17.1 Å². The first-order chi connectivity index (χ1) is 18.4. The molecule has 1 nitrogen and oxygen atoms in total. The van der Waals surface area contributed by atoms with Gasteiger partial charge < -0.3 is 4.90 Å². The van der Waals surface area contributed by atoms with Crippen LogP contribution in [0.1, 0.15) is 0 Å². The Morgan fingerprint density at radius 1 is 0.378 bits per heavy atom. The van der Waals surface area contributed by atoms with Crippen molar-refractivity contribution in [2.45, 2.75) is 0 Å². The van der Waals surface area contributed by atoms with Crippen LogP contribution in [0.2, 0.25) is 0 Å². The summed E-state index contributed by atoms with van der Waals surface area (Å²) < 4.78 is 0. The van der Waals surface area contributed by atoms with E-state index in [1.165, 1.54) is 65.9 Å². The zero-order chi connectivity index (χ0) is 24.3. The van der Waals surface area contributed by atoms with Crippen molar-refractivity contribution in [3.05, 3.63) is 140 Å². The fourth-order valence-corrected chi connectivity index (χ4v) is 6.26. The number of hydrogen-bond acceptors (Lipinski definition) is 1. The Hall–Kier alpha value is -4.88. The van der Waals surface area contributed by atoms with Crippen LogP contribution < -0.4 is 4.90 Å². The van der Waals surface area contributed by atoms with Crippen molar-refractivity contribution in [1.29, 1.82) is 0 Å². The summed E-state index contributed by atoms with van der Waals surface area (Å²) in [4.78, 5) is 2.47. The molecular formula is C36H23N. The lowest BCUT2D eigenvalue weighted by Crippen LogP contribution is -2.11. The van der Waals surface area contributed by atoms with Crippen molar-refractivity contribution in [3.63, 3.8) is 0 Å². The van der Waals surface area contributed by atoms with E-state index in [4.69, 9.17) is 0 Å². The van der Waals surface area contributed by atoms with E-state index in [0.717, 1.165) is 5.69 Å². The van der Waals surface area contributed by atoms with Gasteiger partial charge in [-0.25, -0.2) is 0 Å². The molecule has 0 heterocycles. The molecule has 172 valence electrons. The van der Waals surface area contributed by atoms with Crippen molar-refractivity contribution in [2.24, 2.45) is 0 Å². The summed E-state index contributed by atoms with van der Waals surface area (Å²) in [6.07, 6.45) is 0. The second kappa shape index (κ2) is 7.81. The molecule has 0 fully saturated rings. The van der Waals surface area contributed by atoms with Gasteiger partial charge in [0.1, 0.15) is 0 Å². The maximum Gasteiger partial charge on any atom is 0.0619 e. The first-order valence-electron chi connectivity index (χ1n) is 12.8. The molecule has 0 atom stereocenters. The highest BCUT2D eigenvalue weighted by molar-refractivity contribution is 6.30. The van der Waals surface area contributed by atoms with Crippen LogP contribution in [0.15, 0.2) is 140 Å². The normalized spacial score (nSPS) is 11.8. The van der Waals surface area contributed by atoms with Gasteiger partial charge in [0.15, 0.2) is 0 Å². The van der Waals surface area contributed by atoms with Crippen LogP contribution in [-0.4, -0.2) is 0 Å². The Kier molecular flexibility index (Phi) is 4.29. The second-order valence-electron chi connectivity index (χ2n) is 9.71. The van der Waals surface area contributed by atoms with Crippen LogP contribution in [0.25, 0.3) is 54.6 Å². The third-order valence-electron chi connectivity index (χ3n) is 7.75. The minimum absolute atomic E-state index is 1.15. The summed E-state index contributed by atoms with van der Waals surface area (Å²) in [6, 6.07) is 50.7. The number of anilines is 3. The Morgan fingerprint density at radius 3 is 1.84 bits per heavy atom. The van der Waals surface area contributed by atoms with E-state index >= 15 is 0 Å². The van der Waals surface area contributed by atoms with Gasteiger partial charge in [0.25, 0.3) is 0 Å². The number of para-hydroxylation sites is 1. The molecule has 0 radical (unpaired) electrons. The van der Waals surface area contributed by atoms with Crippen molar-refractivity contribution in [3.8, 4) is 22.3 Å². The average Bonchev–Trinajstić information content (AvgIpc) is 3.31. The van der Waals surface area contributed by atoms with E-state index in [0.29, 0.717) is 0 Å². The van der Waals surface area contributed by atoms with E-state index in [-0.39, 0.29) is 0 Å². The summed E-state index contributed by atoms with van der Waals surface area (Å²) >= 11 is 0. The predicted octanol–water partition coefficient (Wildman–Crippen LogP) is 10.3. The van der Waals surface area contributed by atoms with E-state index < -0.39 is 0 Å². The quantitative estimate of drug-likeness (QED) is 0.233. The zero-order valence-corrected chi connectivity index (χ0v) is 20.2. The Labute approximate surface area is 215 Å². The van der Waals surface area contributed by atoms with Crippen molar-refractivity contribution in [2.75, 3.05) is 4.90 Å². The maximum atomic E-state index is 2.47. The van der Waals surface area contributed by atoms with Crippen LogP contribution in [0.3, 0.4) is 0 Å². The van der Waals surface area contributed by atoms with E-state index in [9.17, 15) is 0 Å². The molecule has 0 N–H and O–H groups in total. The molecule has 1 aliphatic rings. The van der Waals surface area contributed by atoms with Gasteiger partial charge in [0, 0.05) is 27.2 Å². The molecule has 0 saturated heterocycles. The number of nitrogens with zero attached hydrogens (tertiary/aromatic N) is 1. The SMILES string of the molecule is c1ccc(N(c2cccc3ccccc23)c2c3ccccc3c3c4c(cccc24)-c2ccccc2-3)cc1. The fraction of sp³-hybridized carbons (Fsp3) is 0. The lowest BCUT2D eigenvalue weighted by atomic mass is 9.92. The molecule has 0 aliphatic heterocycles. The van der Waals surface area contributed by atoms with Gasteiger partial charge in [0.05, 0.1) is 11.4 Å². The number of fused-ring (bicyclic) bond motifs is 6. The van der Waals surface area contributed by atoms with Crippen molar-refractivity contribution >= 4 is 49.4 Å². The van der Waals surface area contributed by atoms with E-state index in [1.54, 1.807) is 0 Å². The molecule has 0 amide bonds. The van der Waals surface area contributed by atoms with E-state index in [2.05, 4.69) is 144 Å². The lowest BCUT2D eigenvalue weighted by Gasteiger charge is -2.30. The minimum Gasteiger partial charge on any atom is -0.309 e. The third kappa shape index (κ3) is 2.86. The summed E-state index contributed by atoms with van der Waals surface area (Å²) in [5.41, 5.74) is 8.89. The zero-order valence-electron chi connectivity index (χ0n) is 20.2. The molecule has 7 aromatic rings. The Bertz CT molecular complexity index is 1980. The fourth-order valence-electron chi connectivity index (χ4n) is 6.26. The largest absolute Gasteiger partial charge is 0.309 e. The monoisotopic (exact) mass is 469 g/mol. The van der Waals surface area contributed by atoms with E-state index in [1.807, 2.05) is 0 Å².